The standard InChI is InChI=1S/C19H26N4O2S/c1-2-20-19(21-9-5-16-4-3-12-25-16)22-10-6-18(24)23-11-7-17-15(14-23)8-13-26-17/h3-4,8,12-13H,2,5-7,9-11,14H2,1H3,(H2,20,21,22). The molecule has 0 atom stereocenters. The van der Waals surface area contributed by atoms with Gasteiger partial charge >= 0.3 is 0 Å². The number of carbonyl (C=O) groups is 1. The first-order valence-corrected chi connectivity index (χ1v) is 10.0. The molecule has 0 saturated carbocycles. The molecule has 1 aliphatic rings. The maximum Gasteiger partial charge on any atom is 0.224 e. The summed E-state index contributed by atoms with van der Waals surface area (Å²) in [5.74, 6) is 1.86. The van der Waals surface area contributed by atoms with Gasteiger partial charge in [0.25, 0.3) is 0 Å². The quantitative estimate of drug-likeness (QED) is 0.577. The molecule has 6 nitrogen and oxygen atoms in total. The van der Waals surface area contributed by atoms with Gasteiger partial charge in [-0.3, -0.25) is 9.79 Å². The van der Waals surface area contributed by atoms with E-state index in [9.17, 15) is 4.79 Å². The lowest BCUT2D eigenvalue weighted by atomic mass is 10.1. The largest absolute Gasteiger partial charge is 0.469 e. The predicted octanol–water partition coefficient (Wildman–Crippen LogP) is 2.41. The zero-order chi connectivity index (χ0) is 18.2. The van der Waals surface area contributed by atoms with Crippen LogP contribution in [0.15, 0.2) is 39.3 Å². The van der Waals surface area contributed by atoms with Crippen molar-refractivity contribution in [3.05, 3.63) is 46.0 Å². The molecule has 2 N–H and O–H groups in total. The van der Waals surface area contributed by atoms with Gasteiger partial charge in [0.05, 0.1) is 6.26 Å². The fourth-order valence-electron chi connectivity index (χ4n) is 2.98. The second-order valence-electron chi connectivity index (χ2n) is 6.20. The van der Waals surface area contributed by atoms with Gasteiger partial charge in [0, 0.05) is 50.4 Å². The van der Waals surface area contributed by atoms with Crippen molar-refractivity contribution < 1.29 is 9.21 Å². The molecule has 3 heterocycles. The third kappa shape index (κ3) is 5.11. The zero-order valence-corrected chi connectivity index (χ0v) is 16.0. The molecule has 0 radical (unpaired) electrons. The molecule has 0 aliphatic carbocycles. The number of rotatable bonds is 7. The Hall–Kier alpha value is -2.28. The zero-order valence-electron chi connectivity index (χ0n) is 15.2. The molecule has 0 saturated heterocycles. The molecular weight excluding hydrogens is 348 g/mol. The van der Waals surface area contributed by atoms with Crippen LogP contribution >= 0.6 is 11.3 Å². The van der Waals surface area contributed by atoms with E-state index in [4.69, 9.17) is 4.42 Å². The molecule has 0 unspecified atom stereocenters. The fourth-order valence-corrected chi connectivity index (χ4v) is 3.87. The molecule has 0 aromatic carbocycles. The number of furan rings is 1. The van der Waals surface area contributed by atoms with E-state index in [1.165, 1.54) is 10.4 Å². The highest BCUT2D eigenvalue weighted by Crippen LogP contribution is 2.24. The van der Waals surface area contributed by atoms with Crippen molar-refractivity contribution >= 4 is 23.2 Å². The summed E-state index contributed by atoms with van der Waals surface area (Å²) in [6.07, 6.45) is 3.89. The SMILES string of the molecule is CCNC(=NCCc1ccco1)NCCC(=O)N1CCc2sccc2C1. The van der Waals surface area contributed by atoms with Gasteiger partial charge in [-0.25, -0.2) is 0 Å². The van der Waals surface area contributed by atoms with Crippen molar-refractivity contribution in [1.29, 1.82) is 0 Å². The minimum Gasteiger partial charge on any atom is -0.469 e. The first-order valence-electron chi connectivity index (χ1n) is 9.14. The average molecular weight is 375 g/mol. The van der Waals surface area contributed by atoms with Crippen molar-refractivity contribution in [3.63, 3.8) is 0 Å². The molecule has 0 bridgehead atoms. The van der Waals surface area contributed by atoms with Gasteiger partial charge < -0.3 is 20.0 Å². The lowest BCUT2D eigenvalue weighted by Crippen LogP contribution is -2.41. The van der Waals surface area contributed by atoms with Crippen molar-refractivity contribution in [2.45, 2.75) is 32.7 Å². The number of nitrogens with zero attached hydrogens (tertiary/aromatic N) is 2. The molecule has 3 rings (SSSR count). The number of amides is 1. The van der Waals surface area contributed by atoms with E-state index >= 15 is 0 Å². The van der Waals surface area contributed by atoms with Gasteiger partial charge in [-0.05, 0) is 42.5 Å². The molecule has 7 heteroatoms. The van der Waals surface area contributed by atoms with Crippen molar-refractivity contribution in [2.24, 2.45) is 4.99 Å². The topological polar surface area (TPSA) is 69.9 Å². The summed E-state index contributed by atoms with van der Waals surface area (Å²) >= 11 is 1.79. The van der Waals surface area contributed by atoms with Crippen LogP contribution in [0, 0.1) is 0 Å². The number of thiophene rings is 1. The smallest absolute Gasteiger partial charge is 0.224 e. The Balaban J connectivity index is 1.41. The average Bonchev–Trinajstić information content (AvgIpc) is 3.32. The van der Waals surface area contributed by atoms with Gasteiger partial charge in [-0.15, -0.1) is 11.3 Å². The Morgan fingerprint density at radius 3 is 3.12 bits per heavy atom. The van der Waals surface area contributed by atoms with Crippen LogP contribution in [0.5, 0.6) is 0 Å². The summed E-state index contributed by atoms with van der Waals surface area (Å²) in [6, 6.07) is 5.96. The van der Waals surface area contributed by atoms with Crippen molar-refractivity contribution in [2.75, 3.05) is 26.2 Å². The molecule has 1 aliphatic heterocycles. The van der Waals surface area contributed by atoms with Crippen LogP contribution in [0.25, 0.3) is 0 Å². The van der Waals surface area contributed by atoms with E-state index in [0.29, 0.717) is 19.5 Å². The van der Waals surface area contributed by atoms with E-state index in [1.54, 1.807) is 17.6 Å². The van der Waals surface area contributed by atoms with Crippen LogP contribution in [0.3, 0.4) is 0 Å². The Labute approximate surface area is 158 Å². The van der Waals surface area contributed by atoms with Gasteiger partial charge in [-0.2, -0.15) is 0 Å². The summed E-state index contributed by atoms with van der Waals surface area (Å²) in [5.41, 5.74) is 1.30. The number of fused-ring (bicyclic) bond motifs is 1. The Morgan fingerprint density at radius 1 is 1.38 bits per heavy atom. The number of hydrogen-bond acceptors (Lipinski definition) is 4. The van der Waals surface area contributed by atoms with Crippen molar-refractivity contribution in [1.82, 2.24) is 15.5 Å². The van der Waals surface area contributed by atoms with E-state index in [1.807, 2.05) is 24.0 Å². The van der Waals surface area contributed by atoms with E-state index < -0.39 is 0 Å². The number of guanidine groups is 1. The second-order valence-corrected chi connectivity index (χ2v) is 7.20. The normalized spacial score (nSPS) is 14.2. The summed E-state index contributed by atoms with van der Waals surface area (Å²) in [7, 11) is 0. The molecule has 2 aromatic heterocycles. The highest BCUT2D eigenvalue weighted by atomic mass is 32.1. The number of hydrogen-bond donors (Lipinski definition) is 2. The first-order chi connectivity index (χ1) is 12.8. The monoisotopic (exact) mass is 374 g/mol. The second kappa shape index (κ2) is 9.43. The molecule has 0 spiro atoms. The minimum absolute atomic E-state index is 0.195. The van der Waals surface area contributed by atoms with E-state index in [-0.39, 0.29) is 5.91 Å². The molecule has 26 heavy (non-hydrogen) atoms. The van der Waals surface area contributed by atoms with Gasteiger partial charge in [0.15, 0.2) is 5.96 Å². The molecule has 0 fully saturated rings. The predicted molar refractivity (Wildman–Crippen MR) is 104 cm³/mol. The van der Waals surface area contributed by atoms with Crippen LogP contribution < -0.4 is 10.6 Å². The number of nitrogens with one attached hydrogen (secondary N) is 2. The Kier molecular flexibility index (Phi) is 6.71. The third-order valence-corrected chi connectivity index (χ3v) is 5.37. The van der Waals surface area contributed by atoms with Crippen molar-refractivity contribution in [3.8, 4) is 0 Å². The summed E-state index contributed by atoms with van der Waals surface area (Å²) in [6.45, 7) is 5.61. The highest BCUT2D eigenvalue weighted by Gasteiger charge is 2.20. The lowest BCUT2D eigenvalue weighted by Gasteiger charge is -2.27. The van der Waals surface area contributed by atoms with Crippen LogP contribution in [-0.4, -0.2) is 42.9 Å². The summed E-state index contributed by atoms with van der Waals surface area (Å²) in [5, 5.41) is 8.57. The van der Waals surface area contributed by atoms with Crippen LogP contribution in [-0.2, 0) is 24.2 Å². The van der Waals surface area contributed by atoms with Gasteiger partial charge in [-0.1, -0.05) is 0 Å². The fraction of sp³-hybridized carbons (Fsp3) is 0.474. The minimum atomic E-state index is 0.195. The third-order valence-electron chi connectivity index (χ3n) is 4.34. The maximum absolute atomic E-state index is 12.5. The summed E-state index contributed by atoms with van der Waals surface area (Å²) in [4.78, 5) is 20.4. The molecule has 2 aromatic rings. The Morgan fingerprint density at radius 2 is 2.31 bits per heavy atom. The van der Waals surface area contributed by atoms with Gasteiger partial charge in [0.1, 0.15) is 5.76 Å². The van der Waals surface area contributed by atoms with Crippen LogP contribution in [0.4, 0.5) is 0 Å². The van der Waals surface area contributed by atoms with E-state index in [0.717, 1.165) is 44.2 Å². The van der Waals surface area contributed by atoms with Gasteiger partial charge in [0.2, 0.25) is 5.91 Å². The molecule has 140 valence electrons. The first kappa shape index (κ1) is 18.5. The maximum atomic E-state index is 12.5. The number of aliphatic imine (C=N–C) groups is 1. The molecule has 1 amide bonds. The van der Waals surface area contributed by atoms with E-state index in [2.05, 4.69) is 27.1 Å². The van der Waals surface area contributed by atoms with Crippen LogP contribution in [0.2, 0.25) is 0 Å². The highest BCUT2D eigenvalue weighted by molar-refractivity contribution is 7.10. The molecular formula is C19H26N4O2S. The summed E-state index contributed by atoms with van der Waals surface area (Å²) < 4.78 is 5.31. The Bertz CT molecular complexity index is 724. The van der Waals surface area contributed by atoms with Crippen LogP contribution in [0.1, 0.15) is 29.5 Å². The number of carbonyl (C=O) groups excluding carboxylic acids is 1. The lowest BCUT2D eigenvalue weighted by molar-refractivity contribution is -0.131.